The number of carbonyl (C=O) groups is 1. The lowest BCUT2D eigenvalue weighted by Gasteiger charge is -2.26. The van der Waals surface area contributed by atoms with Gasteiger partial charge in [-0.25, -0.2) is 4.79 Å². The summed E-state index contributed by atoms with van der Waals surface area (Å²) in [4.78, 5) is 15.9. The van der Waals surface area contributed by atoms with Crippen LogP contribution in [-0.2, 0) is 6.42 Å². The molecule has 0 spiro atoms. The average molecular weight is 279 g/mol. The van der Waals surface area contributed by atoms with Crippen LogP contribution in [0.15, 0.2) is 24.4 Å². The highest BCUT2D eigenvalue weighted by molar-refractivity contribution is 5.73. The minimum Gasteiger partial charge on any atom is -0.393 e. The van der Waals surface area contributed by atoms with Crippen LogP contribution in [0.4, 0.5) is 4.79 Å². The van der Waals surface area contributed by atoms with Crippen molar-refractivity contribution in [3.8, 4) is 0 Å². The van der Waals surface area contributed by atoms with E-state index in [1.165, 1.54) is 0 Å². The Kier molecular flexibility index (Phi) is 6.45. The predicted octanol–water partition coefficient (Wildman–Crippen LogP) is 1.72. The summed E-state index contributed by atoms with van der Waals surface area (Å²) in [6.07, 6.45) is 2.75. The highest BCUT2D eigenvalue weighted by atomic mass is 16.3. The Morgan fingerprint density at radius 1 is 1.40 bits per heavy atom. The first-order valence-corrected chi connectivity index (χ1v) is 6.99. The summed E-state index contributed by atoms with van der Waals surface area (Å²) in [5, 5.41) is 15.0. The van der Waals surface area contributed by atoms with Gasteiger partial charge in [-0.3, -0.25) is 4.98 Å². The van der Waals surface area contributed by atoms with Crippen molar-refractivity contribution in [2.45, 2.75) is 39.7 Å². The van der Waals surface area contributed by atoms with Crippen LogP contribution in [0.2, 0.25) is 0 Å². The van der Waals surface area contributed by atoms with Crippen LogP contribution < -0.4 is 10.6 Å². The van der Waals surface area contributed by atoms with E-state index in [9.17, 15) is 9.90 Å². The maximum absolute atomic E-state index is 11.7. The maximum Gasteiger partial charge on any atom is 0.314 e. The van der Waals surface area contributed by atoms with Crippen molar-refractivity contribution in [2.75, 3.05) is 13.1 Å². The van der Waals surface area contributed by atoms with Crippen molar-refractivity contribution in [1.82, 2.24) is 15.6 Å². The molecule has 0 saturated carbocycles. The van der Waals surface area contributed by atoms with Crippen LogP contribution in [0, 0.1) is 5.41 Å². The summed E-state index contributed by atoms with van der Waals surface area (Å²) in [5.74, 6) is 0. The summed E-state index contributed by atoms with van der Waals surface area (Å²) in [7, 11) is 0. The lowest BCUT2D eigenvalue weighted by atomic mass is 9.87. The lowest BCUT2D eigenvalue weighted by Crippen LogP contribution is -2.42. The van der Waals surface area contributed by atoms with Crippen LogP contribution in [0.1, 0.15) is 32.9 Å². The fourth-order valence-corrected chi connectivity index (χ4v) is 2.10. The topological polar surface area (TPSA) is 74.2 Å². The van der Waals surface area contributed by atoms with E-state index < -0.39 is 0 Å². The summed E-state index contributed by atoms with van der Waals surface area (Å²) < 4.78 is 0. The second-order valence-corrected chi connectivity index (χ2v) is 5.90. The average Bonchev–Trinajstić information content (AvgIpc) is 2.36. The van der Waals surface area contributed by atoms with E-state index >= 15 is 0 Å². The Morgan fingerprint density at radius 2 is 2.15 bits per heavy atom. The molecule has 1 heterocycles. The summed E-state index contributed by atoms with van der Waals surface area (Å²) in [6.45, 7) is 6.89. The first-order chi connectivity index (χ1) is 9.39. The number of aromatic nitrogens is 1. The molecule has 0 aromatic carbocycles. The Bertz CT molecular complexity index is 405. The fourth-order valence-electron chi connectivity index (χ4n) is 2.10. The van der Waals surface area contributed by atoms with Crippen LogP contribution in [0.5, 0.6) is 0 Å². The molecule has 5 heteroatoms. The molecule has 0 aliphatic heterocycles. The van der Waals surface area contributed by atoms with Gasteiger partial charge in [0.25, 0.3) is 0 Å². The molecule has 0 bridgehead atoms. The predicted molar refractivity (Wildman–Crippen MR) is 79.4 cm³/mol. The largest absolute Gasteiger partial charge is 0.393 e. The molecule has 5 nitrogen and oxygen atoms in total. The zero-order chi connectivity index (χ0) is 15.0. The van der Waals surface area contributed by atoms with Crippen LogP contribution >= 0.6 is 0 Å². The van der Waals surface area contributed by atoms with E-state index in [2.05, 4.69) is 15.6 Å². The number of nitrogens with zero attached hydrogens (tertiary/aromatic N) is 1. The molecule has 0 saturated heterocycles. The number of hydrogen-bond acceptors (Lipinski definition) is 3. The maximum atomic E-state index is 11.7. The molecular weight excluding hydrogens is 254 g/mol. The Labute approximate surface area is 120 Å². The SMILES string of the molecule is CC(O)CC(C)(C)CNC(=O)NCCc1ccccn1. The second-order valence-electron chi connectivity index (χ2n) is 5.90. The number of aliphatic hydroxyl groups is 1. The van der Waals surface area contributed by atoms with Gasteiger partial charge in [0.05, 0.1) is 6.10 Å². The van der Waals surface area contributed by atoms with Gasteiger partial charge in [-0.2, -0.15) is 0 Å². The minimum atomic E-state index is -0.362. The van der Waals surface area contributed by atoms with E-state index in [0.29, 0.717) is 25.9 Å². The van der Waals surface area contributed by atoms with Gasteiger partial charge < -0.3 is 15.7 Å². The molecule has 0 radical (unpaired) electrons. The Balaban J connectivity index is 2.20. The fraction of sp³-hybridized carbons (Fsp3) is 0.600. The van der Waals surface area contributed by atoms with Crippen LogP contribution in [0.25, 0.3) is 0 Å². The van der Waals surface area contributed by atoms with Crippen molar-refractivity contribution in [3.05, 3.63) is 30.1 Å². The molecule has 20 heavy (non-hydrogen) atoms. The Hall–Kier alpha value is -1.62. The van der Waals surface area contributed by atoms with Gasteiger partial charge in [-0.15, -0.1) is 0 Å². The summed E-state index contributed by atoms with van der Waals surface area (Å²) >= 11 is 0. The van der Waals surface area contributed by atoms with E-state index in [1.807, 2.05) is 32.0 Å². The molecule has 0 aliphatic carbocycles. The van der Waals surface area contributed by atoms with Gasteiger partial charge >= 0.3 is 6.03 Å². The van der Waals surface area contributed by atoms with Crippen molar-refractivity contribution >= 4 is 6.03 Å². The molecule has 1 atom stereocenters. The van der Waals surface area contributed by atoms with Crippen LogP contribution in [-0.4, -0.2) is 35.3 Å². The molecule has 112 valence electrons. The number of hydrogen-bond donors (Lipinski definition) is 3. The lowest BCUT2D eigenvalue weighted by molar-refractivity contribution is 0.129. The zero-order valence-electron chi connectivity index (χ0n) is 12.5. The number of rotatable bonds is 7. The molecule has 2 amide bonds. The number of aliphatic hydroxyl groups excluding tert-OH is 1. The molecule has 3 N–H and O–H groups in total. The number of amides is 2. The highest BCUT2D eigenvalue weighted by Gasteiger charge is 2.20. The smallest absolute Gasteiger partial charge is 0.314 e. The van der Waals surface area contributed by atoms with Crippen molar-refractivity contribution in [3.63, 3.8) is 0 Å². The first-order valence-electron chi connectivity index (χ1n) is 6.99. The van der Waals surface area contributed by atoms with E-state index in [0.717, 1.165) is 5.69 Å². The molecule has 1 unspecified atom stereocenters. The van der Waals surface area contributed by atoms with Crippen molar-refractivity contribution < 1.29 is 9.90 Å². The van der Waals surface area contributed by atoms with Gasteiger partial charge in [0, 0.05) is 31.4 Å². The number of urea groups is 1. The number of nitrogens with one attached hydrogen (secondary N) is 2. The monoisotopic (exact) mass is 279 g/mol. The summed E-state index contributed by atoms with van der Waals surface area (Å²) in [6, 6.07) is 5.56. The van der Waals surface area contributed by atoms with E-state index in [4.69, 9.17) is 0 Å². The quantitative estimate of drug-likeness (QED) is 0.711. The standard InChI is InChI=1S/C15H25N3O2/c1-12(19)10-15(2,3)11-18-14(20)17-9-7-13-6-4-5-8-16-13/h4-6,8,12,19H,7,9-11H2,1-3H3,(H2,17,18,20). The van der Waals surface area contributed by atoms with Crippen molar-refractivity contribution in [1.29, 1.82) is 0 Å². The van der Waals surface area contributed by atoms with Gasteiger partial charge in [-0.1, -0.05) is 19.9 Å². The van der Waals surface area contributed by atoms with E-state index in [-0.39, 0.29) is 17.6 Å². The third-order valence-electron chi connectivity index (χ3n) is 2.97. The number of carbonyl (C=O) groups excluding carboxylic acids is 1. The van der Waals surface area contributed by atoms with Gasteiger partial charge in [0.2, 0.25) is 0 Å². The van der Waals surface area contributed by atoms with E-state index in [1.54, 1.807) is 13.1 Å². The zero-order valence-corrected chi connectivity index (χ0v) is 12.5. The van der Waals surface area contributed by atoms with Gasteiger partial charge in [0.15, 0.2) is 0 Å². The van der Waals surface area contributed by atoms with Crippen molar-refractivity contribution in [2.24, 2.45) is 5.41 Å². The van der Waals surface area contributed by atoms with Gasteiger partial charge in [0.1, 0.15) is 0 Å². The number of pyridine rings is 1. The van der Waals surface area contributed by atoms with Crippen LogP contribution in [0.3, 0.4) is 0 Å². The second kappa shape index (κ2) is 7.85. The summed E-state index contributed by atoms with van der Waals surface area (Å²) in [5.41, 5.74) is 0.842. The third-order valence-corrected chi connectivity index (χ3v) is 2.97. The minimum absolute atomic E-state index is 0.119. The molecule has 0 fully saturated rings. The highest BCUT2D eigenvalue weighted by Crippen LogP contribution is 2.20. The molecule has 1 rings (SSSR count). The first kappa shape index (κ1) is 16.4. The molecule has 1 aromatic heterocycles. The van der Waals surface area contributed by atoms with Gasteiger partial charge in [-0.05, 0) is 30.9 Å². The molecule has 1 aromatic rings. The Morgan fingerprint density at radius 3 is 2.75 bits per heavy atom. The molecular formula is C15H25N3O2. The third kappa shape index (κ3) is 7.09. The normalized spacial score (nSPS) is 12.8. The molecule has 0 aliphatic rings.